The summed E-state index contributed by atoms with van der Waals surface area (Å²) in [4.78, 5) is 19.4. The minimum atomic E-state index is -4.77. The maximum absolute atomic E-state index is 14.2. The van der Waals surface area contributed by atoms with Crippen molar-refractivity contribution in [2.75, 3.05) is 18.0 Å². The molecule has 4 nitrogen and oxygen atoms in total. The fraction of sp³-hybridized carbons (Fsp3) is 0.565. The molecular weight excluding hydrogens is 391 g/mol. The second-order valence-corrected chi connectivity index (χ2v) is 8.90. The third-order valence-corrected chi connectivity index (χ3v) is 7.38. The lowest BCUT2D eigenvalue weighted by Crippen LogP contribution is -2.36. The van der Waals surface area contributed by atoms with Gasteiger partial charge in [-0.25, -0.2) is 4.98 Å². The molecule has 7 heteroatoms. The normalized spacial score (nSPS) is 23.8. The molecule has 2 aliphatic rings. The van der Waals surface area contributed by atoms with E-state index in [-0.39, 0.29) is 17.1 Å². The summed E-state index contributed by atoms with van der Waals surface area (Å²) in [5, 5.41) is 0. The number of hydrogen-bond donors (Lipinski definition) is 0. The lowest BCUT2D eigenvalue weighted by Gasteiger charge is -2.28. The van der Waals surface area contributed by atoms with Crippen molar-refractivity contribution in [1.29, 1.82) is 0 Å². The van der Waals surface area contributed by atoms with Gasteiger partial charge in [-0.2, -0.15) is 13.2 Å². The van der Waals surface area contributed by atoms with Crippen LogP contribution in [0.3, 0.4) is 0 Å². The number of benzene rings is 1. The molecule has 0 N–H and O–H groups in total. The molecule has 4 rings (SSSR count). The number of alkyl halides is 3. The van der Waals surface area contributed by atoms with Crippen LogP contribution < -0.4 is 10.5 Å². The molecule has 1 aliphatic heterocycles. The zero-order valence-electron chi connectivity index (χ0n) is 17.9. The molecule has 0 unspecified atom stereocenters. The molecule has 1 saturated heterocycles. The third-order valence-electron chi connectivity index (χ3n) is 7.38. The van der Waals surface area contributed by atoms with Crippen LogP contribution in [0.25, 0.3) is 5.69 Å². The molecule has 30 heavy (non-hydrogen) atoms. The quantitative estimate of drug-likeness (QED) is 0.687. The summed E-state index contributed by atoms with van der Waals surface area (Å²) in [5.41, 5.74) is -0.0212. The minimum Gasteiger partial charge on any atom is -0.355 e. The average molecular weight is 419 g/mol. The van der Waals surface area contributed by atoms with Crippen molar-refractivity contribution in [1.82, 2.24) is 9.55 Å². The summed E-state index contributed by atoms with van der Waals surface area (Å²) < 4.78 is 43.6. The van der Waals surface area contributed by atoms with E-state index in [9.17, 15) is 18.0 Å². The highest BCUT2D eigenvalue weighted by molar-refractivity contribution is 5.53. The molecule has 1 saturated carbocycles. The topological polar surface area (TPSA) is 38.1 Å². The van der Waals surface area contributed by atoms with Gasteiger partial charge in [0.15, 0.2) is 5.56 Å². The summed E-state index contributed by atoms with van der Waals surface area (Å²) in [5.74, 6) is 0.445. The molecule has 0 bridgehead atoms. The van der Waals surface area contributed by atoms with Crippen molar-refractivity contribution in [2.45, 2.75) is 59.6 Å². The second kappa shape index (κ2) is 7.13. The van der Waals surface area contributed by atoms with E-state index in [0.717, 1.165) is 41.4 Å². The zero-order chi connectivity index (χ0) is 21.8. The van der Waals surface area contributed by atoms with Gasteiger partial charge in [-0.3, -0.25) is 9.36 Å². The van der Waals surface area contributed by atoms with Crippen molar-refractivity contribution in [3.63, 3.8) is 0 Å². The number of aromatic nitrogens is 2. The van der Waals surface area contributed by atoms with Crippen molar-refractivity contribution < 1.29 is 13.2 Å². The summed E-state index contributed by atoms with van der Waals surface area (Å²) in [6.45, 7) is 8.49. The first-order chi connectivity index (χ1) is 14.1. The molecule has 0 amide bonds. The predicted molar refractivity (Wildman–Crippen MR) is 111 cm³/mol. The Bertz CT molecular complexity index is 1040. The Morgan fingerprint density at radius 1 is 1.23 bits per heavy atom. The van der Waals surface area contributed by atoms with E-state index in [1.807, 2.05) is 19.9 Å². The Morgan fingerprint density at radius 3 is 2.60 bits per heavy atom. The lowest BCUT2D eigenvalue weighted by atomic mass is 9.78. The molecule has 162 valence electrons. The number of fused-ring (bicyclic) bond motifs is 1. The highest BCUT2D eigenvalue weighted by Gasteiger charge is 2.50. The molecule has 2 heterocycles. The zero-order valence-corrected chi connectivity index (χ0v) is 17.9. The fourth-order valence-corrected chi connectivity index (χ4v) is 5.51. The van der Waals surface area contributed by atoms with E-state index < -0.39 is 17.3 Å². The highest BCUT2D eigenvalue weighted by atomic mass is 19.4. The standard InChI is InChI=1S/C23H28F3N3O/c1-5-22-11-7-9-17(22)12-28(13-22)20-19(23(24,25)26)21(30)29(16(4)27-20)18-10-6-8-14(2)15(18)3/h6,8,10,17H,5,7,9,11-13H2,1-4H3/t17-,22+/m1/s1. The first kappa shape index (κ1) is 20.9. The summed E-state index contributed by atoms with van der Waals surface area (Å²) in [7, 11) is 0. The van der Waals surface area contributed by atoms with E-state index in [2.05, 4.69) is 11.9 Å². The van der Waals surface area contributed by atoms with Gasteiger partial charge in [0.1, 0.15) is 11.6 Å². The smallest absolute Gasteiger partial charge is 0.355 e. The van der Waals surface area contributed by atoms with Crippen LogP contribution in [0.15, 0.2) is 23.0 Å². The number of hydrogen-bond acceptors (Lipinski definition) is 3. The van der Waals surface area contributed by atoms with Gasteiger partial charge in [-0.1, -0.05) is 25.5 Å². The van der Waals surface area contributed by atoms with Gasteiger partial charge in [0.05, 0.1) is 5.69 Å². The monoisotopic (exact) mass is 419 g/mol. The number of rotatable bonds is 3. The third kappa shape index (κ3) is 3.13. The van der Waals surface area contributed by atoms with Crippen LogP contribution in [0, 0.1) is 32.1 Å². The molecule has 2 aromatic rings. The molecule has 0 spiro atoms. The molecule has 2 atom stereocenters. The van der Waals surface area contributed by atoms with Crippen molar-refractivity contribution in [3.8, 4) is 5.69 Å². The Balaban J connectivity index is 1.90. The SMILES string of the molecule is CC[C@@]12CCC[C@@H]1CN(c1nc(C)n(-c3cccc(C)c3C)c(=O)c1C(F)(F)F)C2. The lowest BCUT2D eigenvalue weighted by molar-refractivity contribution is -0.138. The molecule has 0 radical (unpaired) electrons. The van der Waals surface area contributed by atoms with Gasteiger partial charge < -0.3 is 4.90 Å². The van der Waals surface area contributed by atoms with Crippen LogP contribution in [0.4, 0.5) is 19.0 Å². The first-order valence-electron chi connectivity index (χ1n) is 10.6. The number of anilines is 1. The van der Waals surface area contributed by atoms with E-state index >= 15 is 0 Å². The molecule has 1 aliphatic carbocycles. The minimum absolute atomic E-state index is 0.0421. The average Bonchev–Trinajstić information content (AvgIpc) is 3.21. The Labute approximate surface area is 174 Å². The van der Waals surface area contributed by atoms with Crippen LogP contribution in [-0.2, 0) is 6.18 Å². The maximum atomic E-state index is 14.2. The molecule has 2 fully saturated rings. The molecule has 1 aromatic heterocycles. The largest absolute Gasteiger partial charge is 0.425 e. The van der Waals surface area contributed by atoms with Crippen LogP contribution in [0.2, 0.25) is 0 Å². The number of nitrogens with zero attached hydrogens (tertiary/aromatic N) is 3. The van der Waals surface area contributed by atoms with Gasteiger partial charge in [0.2, 0.25) is 0 Å². The van der Waals surface area contributed by atoms with Gasteiger partial charge in [-0.15, -0.1) is 0 Å². The van der Waals surface area contributed by atoms with Crippen LogP contribution in [-0.4, -0.2) is 22.6 Å². The van der Waals surface area contributed by atoms with Crippen LogP contribution in [0.1, 0.15) is 55.1 Å². The highest BCUT2D eigenvalue weighted by Crippen LogP contribution is 2.52. The first-order valence-corrected chi connectivity index (χ1v) is 10.6. The van der Waals surface area contributed by atoms with E-state index in [4.69, 9.17) is 0 Å². The summed E-state index contributed by atoms with van der Waals surface area (Å²) >= 11 is 0. The second-order valence-electron chi connectivity index (χ2n) is 8.90. The maximum Gasteiger partial charge on any atom is 0.425 e. The Kier molecular flexibility index (Phi) is 4.98. The Morgan fingerprint density at radius 2 is 1.97 bits per heavy atom. The van der Waals surface area contributed by atoms with Crippen LogP contribution in [0.5, 0.6) is 0 Å². The van der Waals surface area contributed by atoms with Gasteiger partial charge in [0, 0.05) is 13.1 Å². The number of aryl methyl sites for hydroxylation is 2. The van der Waals surface area contributed by atoms with Crippen LogP contribution >= 0.6 is 0 Å². The predicted octanol–water partition coefficient (Wildman–Crippen LogP) is 5.19. The van der Waals surface area contributed by atoms with E-state index in [1.54, 1.807) is 24.0 Å². The van der Waals surface area contributed by atoms with Crippen molar-refractivity contribution >= 4 is 5.82 Å². The van der Waals surface area contributed by atoms with Gasteiger partial charge in [0.25, 0.3) is 5.56 Å². The fourth-order valence-electron chi connectivity index (χ4n) is 5.51. The van der Waals surface area contributed by atoms with Gasteiger partial charge in [-0.05, 0) is 68.6 Å². The van der Waals surface area contributed by atoms with E-state index in [0.29, 0.717) is 24.7 Å². The number of halogens is 3. The summed E-state index contributed by atoms with van der Waals surface area (Å²) in [6, 6.07) is 5.29. The molecule has 1 aromatic carbocycles. The Hall–Kier alpha value is -2.31. The summed E-state index contributed by atoms with van der Waals surface area (Å²) in [6.07, 6.45) is -0.647. The van der Waals surface area contributed by atoms with E-state index in [1.165, 1.54) is 0 Å². The van der Waals surface area contributed by atoms with Gasteiger partial charge >= 0.3 is 6.18 Å². The van der Waals surface area contributed by atoms with Crippen molar-refractivity contribution in [3.05, 3.63) is 51.1 Å². The van der Waals surface area contributed by atoms with Crippen molar-refractivity contribution in [2.24, 2.45) is 11.3 Å². The molecular formula is C23H28F3N3O.